The number of anilines is 1. The fraction of sp³-hybridized carbons (Fsp3) is 0.462. The van der Waals surface area contributed by atoms with E-state index in [9.17, 15) is 23.3 Å². The highest BCUT2D eigenvalue weighted by Crippen LogP contribution is 2.32. The van der Waals surface area contributed by atoms with E-state index in [4.69, 9.17) is 0 Å². The predicted octanol–water partition coefficient (Wildman–Crippen LogP) is 1.41. The first-order valence-corrected chi connectivity index (χ1v) is 8.35. The zero-order valence-corrected chi connectivity index (χ0v) is 12.6. The van der Waals surface area contributed by atoms with Crippen LogP contribution in [0.2, 0.25) is 0 Å². The number of nitro groups is 1. The van der Waals surface area contributed by atoms with Crippen LogP contribution in [-0.2, 0) is 14.6 Å². The first kappa shape index (κ1) is 15.4. The second-order valence-corrected chi connectivity index (χ2v) is 7.26. The fourth-order valence-electron chi connectivity index (χ4n) is 2.38. The van der Waals surface area contributed by atoms with Crippen molar-refractivity contribution in [2.45, 2.75) is 18.2 Å². The first-order valence-electron chi connectivity index (χ1n) is 6.46. The minimum atomic E-state index is -3.50. The number of rotatable bonds is 3. The maximum Gasteiger partial charge on any atom is 0.293 e. The van der Waals surface area contributed by atoms with Crippen molar-refractivity contribution in [2.24, 2.45) is 5.92 Å². The third-order valence-electron chi connectivity index (χ3n) is 3.58. The van der Waals surface area contributed by atoms with Crippen LogP contribution >= 0.6 is 0 Å². The normalized spacial score (nSPS) is 19.6. The molecule has 1 aromatic rings. The molecule has 114 valence electrons. The van der Waals surface area contributed by atoms with Gasteiger partial charge in [-0.1, -0.05) is 6.92 Å². The molecule has 8 heteroatoms. The van der Waals surface area contributed by atoms with Crippen molar-refractivity contribution in [1.82, 2.24) is 0 Å². The molecule has 0 amide bonds. The molecule has 1 atom stereocenters. The van der Waals surface area contributed by atoms with Crippen LogP contribution in [0.5, 0.6) is 0 Å². The number of sulfone groups is 1. The van der Waals surface area contributed by atoms with E-state index in [1.54, 1.807) is 11.8 Å². The second kappa shape index (κ2) is 5.44. The summed E-state index contributed by atoms with van der Waals surface area (Å²) in [6, 6.07) is 3.88. The molecular weight excluding hydrogens is 296 g/mol. The summed E-state index contributed by atoms with van der Waals surface area (Å²) in [4.78, 5) is 23.8. The average molecular weight is 312 g/mol. The highest BCUT2D eigenvalue weighted by molar-refractivity contribution is 7.90. The van der Waals surface area contributed by atoms with Gasteiger partial charge in [0.15, 0.2) is 9.84 Å². The lowest BCUT2D eigenvalue weighted by Crippen LogP contribution is -2.39. The van der Waals surface area contributed by atoms with Gasteiger partial charge in [-0.3, -0.25) is 14.9 Å². The summed E-state index contributed by atoms with van der Waals surface area (Å²) in [6.07, 6.45) is 1.35. The Labute approximate surface area is 122 Å². The standard InChI is InChI=1S/C13H16N2O5S/c1-9-8-14(6-5-13(9)16)11-4-3-10(21(2,19)20)7-12(11)15(17)18/h3-4,7,9H,5-6,8H2,1-2H3. The molecule has 0 aliphatic carbocycles. The largest absolute Gasteiger partial charge is 0.365 e. The van der Waals surface area contributed by atoms with Gasteiger partial charge in [0.25, 0.3) is 5.69 Å². The van der Waals surface area contributed by atoms with Gasteiger partial charge < -0.3 is 4.90 Å². The van der Waals surface area contributed by atoms with Gasteiger partial charge in [-0.15, -0.1) is 0 Å². The lowest BCUT2D eigenvalue weighted by atomic mass is 9.98. The number of ketones is 1. The molecule has 2 rings (SSSR count). The molecule has 0 aromatic heterocycles. The van der Waals surface area contributed by atoms with Gasteiger partial charge in [0.05, 0.1) is 9.82 Å². The lowest BCUT2D eigenvalue weighted by Gasteiger charge is -2.31. The number of Topliss-reactive ketones (excluding diaryl/α,β-unsaturated/α-hetero) is 1. The van der Waals surface area contributed by atoms with E-state index in [0.29, 0.717) is 25.2 Å². The summed E-state index contributed by atoms with van der Waals surface area (Å²) in [5, 5.41) is 11.2. The van der Waals surface area contributed by atoms with E-state index in [-0.39, 0.29) is 22.3 Å². The van der Waals surface area contributed by atoms with Gasteiger partial charge in [0, 0.05) is 37.8 Å². The number of benzene rings is 1. The van der Waals surface area contributed by atoms with Crippen molar-refractivity contribution >= 4 is 27.0 Å². The molecule has 0 N–H and O–H groups in total. The summed E-state index contributed by atoms with van der Waals surface area (Å²) in [7, 11) is -3.50. The van der Waals surface area contributed by atoms with Gasteiger partial charge in [-0.25, -0.2) is 8.42 Å². The van der Waals surface area contributed by atoms with Crippen molar-refractivity contribution < 1.29 is 18.1 Å². The van der Waals surface area contributed by atoms with Crippen molar-refractivity contribution in [3.8, 4) is 0 Å². The molecule has 1 fully saturated rings. The molecule has 0 saturated carbocycles. The van der Waals surface area contributed by atoms with Crippen LogP contribution in [0.4, 0.5) is 11.4 Å². The summed E-state index contributed by atoms with van der Waals surface area (Å²) in [6.45, 7) is 2.59. The van der Waals surface area contributed by atoms with Crippen LogP contribution in [0.25, 0.3) is 0 Å². The van der Waals surface area contributed by atoms with Gasteiger partial charge in [-0.05, 0) is 12.1 Å². The zero-order chi connectivity index (χ0) is 15.8. The molecule has 1 saturated heterocycles. The first-order chi connectivity index (χ1) is 9.70. The van der Waals surface area contributed by atoms with Gasteiger partial charge in [0.1, 0.15) is 11.5 Å². The van der Waals surface area contributed by atoms with Crippen LogP contribution < -0.4 is 4.90 Å². The number of carbonyl (C=O) groups excluding carboxylic acids is 1. The minimum absolute atomic E-state index is 0.0842. The SMILES string of the molecule is CC1CN(c2ccc(S(C)(=O)=O)cc2[N+](=O)[O-])CCC1=O. The van der Waals surface area contributed by atoms with E-state index >= 15 is 0 Å². The van der Waals surface area contributed by atoms with Crippen LogP contribution in [0.15, 0.2) is 23.1 Å². The van der Waals surface area contributed by atoms with Crippen molar-refractivity contribution in [1.29, 1.82) is 0 Å². The Balaban J connectivity index is 2.44. The summed E-state index contributed by atoms with van der Waals surface area (Å²) >= 11 is 0. The summed E-state index contributed by atoms with van der Waals surface area (Å²) in [5.74, 6) is -0.0467. The Morgan fingerprint density at radius 2 is 2.05 bits per heavy atom. The quantitative estimate of drug-likeness (QED) is 0.618. The third kappa shape index (κ3) is 3.21. The average Bonchev–Trinajstić information content (AvgIpc) is 2.40. The molecule has 0 radical (unpaired) electrons. The predicted molar refractivity (Wildman–Crippen MR) is 77.2 cm³/mol. The highest BCUT2D eigenvalue weighted by Gasteiger charge is 2.28. The number of carbonyl (C=O) groups is 1. The Morgan fingerprint density at radius 1 is 1.38 bits per heavy atom. The Bertz CT molecular complexity index is 699. The molecule has 1 aromatic carbocycles. The van der Waals surface area contributed by atoms with Gasteiger partial charge >= 0.3 is 0 Å². The van der Waals surface area contributed by atoms with Crippen LogP contribution in [0.1, 0.15) is 13.3 Å². The van der Waals surface area contributed by atoms with E-state index in [0.717, 1.165) is 12.3 Å². The number of hydrogen-bond acceptors (Lipinski definition) is 6. The fourth-order valence-corrected chi connectivity index (χ4v) is 3.02. The summed E-state index contributed by atoms with van der Waals surface area (Å²) in [5.41, 5.74) is 0.103. The maximum absolute atomic E-state index is 11.5. The van der Waals surface area contributed by atoms with E-state index in [2.05, 4.69) is 0 Å². The number of nitrogens with zero attached hydrogens (tertiary/aromatic N) is 2. The van der Waals surface area contributed by atoms with Crippen molar-refractivity contribution in [2.75, 3.05) is 24.2 Å². The molecule has 7 nitrogen and oxygen atoms in total. The molecule has 21 heavy (non-hydrogen) atoms. The van der Waals surface area contributed by atoms with E-state index in [1.165, 1.54) is 12.1 Å². The Hall–Kier alpha value is -1.96. The molecule has 1 unspecified atom stereocenters. The Morgan fingerprint density at radius 3 is 2.57 bits per heavy atom. The monoisotopic (exact) mass is 312 g/mol. The molecule has 1 aliphatic rings. The van der Waals surface area contributed by atoms with Gasteiger partial charge in [0.2, 0.25) is 0 Å². The molecular formula is C13H16N2O5S. The van der Waals surface area contributed by atoms with Crippen molar-refractivity contribution in [3.05, 3.63) is 28.3 Å². The molecule has 1 aliphatic heterocycles. The van der Waals surface area contributed by atoms with Crippen LogP contribution in [0, 0.1) is 16.0 Å². The summed E-state index contributed by atoms with van der Waals surface area (Å²) < 4.78 is 23.0. The minimum Gasteiger partial charge on any atom is -0.365 e. The number of hydrogen-bond donors (Lipinski definition) is 0. The smallest absolute Gasteiger partial charge is 0.293 e. The van der Waals surface area contributed by atoms with Crippen LogP contribution in [0.3, 0.4) is 0 Å². The molecule has 0 spiro atoms. The topological polar surface area (TPSA) is 97.6 Å². The zero-order valence-electron chi connectivity index (χ0n) is 11.8. The molecule has 0 bridgehead atoms. The number of piperidine rings is 1. The second-order valence-electron chi connectivity index (χ2n) is 5.24. The highest BCUT2D eigenvalue weighted by atomic mass is 32.2. The maximum atomic E-state index is 11.5. The van der Waals surface area contributed by atoms with E-state index in [1.807, 2.05) is 0 Å². The number of nitro benzene ring substituents is 1. The van der Waals surface area contributed by atoms with E-state index < -0.39 is 14.8 Å². The van der Waals surface area contributed by atoms with Gasteiger partial charge in [-0.2, -0.15) is 0 Å². The molecule has 1 heterocycles. The van der Waals surface area contributed by atoms with Crippen molar-refractivity contribution in [3.63, 3.8) is 0 Å². The third-order valence-corrected chi connectivity index (χ3v) is 4.69. The lowest BCUT2D eigenvalue weighted by molar-refractivity contribution is -0.384. The Kier molecular flexibility index (Phi) is 3.99. The van der Waals surface area contributed by atoms with Crippen LogP contribution in [-0.4, -0.2) is 38.5 Å².